The summed E-state index contributed by atoms with van der Waals surface area (Å²) in [6.45, 7) is 9.13. The molecule has 2 N–H and O–H groups in total. The molecule has 25 heavy (non-hydrogen) atoms. The van der Waals surface area contributed by atoms with Gasteiger partial charge in [-0.2, -0.15) is 0 Å². The fourth-order valence-electron chi connectivity index (χ4n) is 3.52. The highest BCUT2D eigenvalue weighted by molar-refractivity contribution is 5.79. The normalized spacial score (nSPS) is 24.6. The summed E-state index contributed by atoms with van der Waals surface area (Å²) in [6.07, 6.45) is 6.08. The van der Waals surface area contributed by atoms with Gasteiger partial charge in [0, 0.05) is 32.3 Å². The molecule has 1 rings (SSSR count). The highest BCUT2D eigenvalue weighted by Gasteiger charge is 2.36. The largest absolute Gasteiger partial charge is 0.382 e. The molecule has 0 heterocycles. The van der Waals surface area contributed by atoms with Crippen molar-refractivity contribution in [1.82, 2.24) is 15.5 Å². The van der Waals surface area contributed by atoms with E-state index in [-0.39, 0.29) is 5.54 Å². The summed E-state index contributed by atoms with van der Waals surface area (Å²) in [7, 11) is 6.09. The quantitative estimate of drug-likeness (QED) is 0.337. The summed E-state index contributed by atoms with van der Waals surface area (Å²) in [4.78, 5) is 7.29. The predicted octanol–water partition coefficient (Wildman–Crippen LogP) is 2.11. The number of guanidine groups is 1. The zero-order valence-electron chi connectivity index (χ0n) is 17.1. The van der Waals surface area contributed by atoms with E-state index in [9.17, 15) is 0 Å². The van der Waals surface area contributed by atoms with E-state index in [0.29, 0.717) is 13.2 Å². The first-order valence-electron chi connectivity index (χ1n) is 9.80. The molecule has 1 aliphatic carbocycles. The lowest BCUT2D eigenvalue weighted by atomic mass is 9.75. The van der Waals surface area contributed by atoms with Gasteiger partial charge in [0.25, 0.3) is 0 Å². The van der Waals surface area contributed by atoms with Gasteiger partial charge >= 0.3 is 0 Å². The number of methoxy groups -OCH3 is 1. The molecule has 0 amide bonds. The van der Waals surface area contributed by atoms with Crippen LogP contribution in [0.1, 0.15) is 46.0 Å². The van der Waals surface area contributed by atoms with E-state index in [1.807, 2.05) is 0 Å². The van der Waals surface area contributed by atoms with E-state index in [1.54, 1.807) is 7.11 Å². The molecule has 1 fully saturated rings. The Morgan fingerprint density at radius 3 is 2.68 bits per heavy atom. The average Bonchev–Trinajstić information content (AvgIpc) is 2.58. The van der Waals surface area contributed by atoms with Crippen LogP contribution >= 0.6 is 0 Å². The summed E-state index contributed by atoms with van der Waals surface area (Å²) < 4.78 is 10.5. The molecule has 1 saturated carbocycles. The molecule has 6 heteroatoms. The maximum atomic E-state index is 5.50. The molecular formula is C19H40N4O2. The van der Waals surface area contributed by atoms with E-state index < -0.39 is 0 Å². The molecular weight excluding hydrogens is 316 g/mol. The molecule has 0 aliphatic heterocycles. The van der Waals surface area contributed by atoms with E-state index in [4.69, 9.17) is 14.5 Å². The topological polar surface area (TPSA) is 58.1 Å². The molecule has 148 valence electrons. The molecule has 0 saturated heterocycles. The number of ether oxygens (including phenoxy) is 2. The van der Waals surface area contributed by atoms with Crippen molar-refractivity contribution in [2.24, 2.45) is 10.9 Å². The zero-order valence-corrected chi connectivity index (χ0v) is 17.1. The Balaban J connectivity index is 2.47. The van der Waals surface area contributed by atoms with Crippen LogP contribution in [0.3, 0.4) is 0 Å². The molecule has 0 spiro atoms. The minimum Gasteiger partial charge on any atom is -0.382 e. The van der Waals surface area contributed by atoms with Crippen LogP contribution < -0.4 is 10.6 Å². The average molecular weight is 357 g/mol. The number of likely N-dealkylation sites (N-methyl/N-ethyl adjacent to an activating group) is 1. The summed E-state index contributed by atoms with van der Waals surface area (Å²) in [5, 5.41) is 6.79. The number of aliphatic imine (C=N–C) groups is 1. The van der Waals surface area contributed by atoms with Crippen LogP contribution in [0.5, 0.6) is 0 Å². The van der Waals surface area contributed by atoms with Crippen molar-refractivity contribution in [2.75, 3.05) is 60.7 Å². The number of nitrogens with zero attached hydrogens (tertiary/aromatic N) is 2. The predicted molar refractivity (Wildman–Crippen MR) is 105 cm³/mol. The molecule has 0 aromatic carbocycles. The first-order chi connectivity index (χ1) is 12.0. The van der Waals surface area contributed by atoms with Crippen LogP contribution in [0.4, 0.5) is 0 Å². The van der Waals surface area contributed by atoms with Crippen molar-refractivity contribution < 1.29 is 9.47 Å². The second-order valence-electron chi connectivity index (χ2n) is 7.40. The lowest BCUT2D eigenvalue weighted by Gasteiger charge is -2.44. The smallest absolute Gasteiger partial charge is 0.191 e. The Morgan fingerprint density at radius 2 is 2.04 bits per heavy atom. The summed E-state index contributed by atoms with van der Waals surface area (Å²) in [5.74, 6) is 1.70. The molecule has 0 aromatic rings. The first kappa shape index (κ1) is 22.2. The summed E-state index contributed by atoms with van der Waals surface area (Å²) in [5.41, 5.74) is 0.198. The number of hydrogen-bond donors (Lipinski definition) is 2. The van der Waals surface area contributed by atoms with Crippen LogP contribution in [0.2, 0.25) is 0 Å². The standard InChI is InChI=1S/C19H40N4O2/c1-6-20-18(21-11-8-12-25-14-13-24-5)22-16-19(23(3)4)10-7-9-17(2)15-19/h17H,6-16H2,1-5H3,(H2,20,21,22). The Labute approximate surface area is 154 Å². The van der Waals surface area contributed by atoms with Crippen molar-refractivity contribution in [3.05, 3.63) is 0 Å². The van der Waals surface area contributed by atoms with Gasteiger partial charge < -0.3 is 25.0 Å². The SMILES string of the molecule is CCNC(=NCC1(N(C)C)CCCC(C)C1)NCCCOCCOC. The zero-order chi connectivity index (χ0) is 18.5. The van der Waals surface area contributed by atoms with Gasteiger partial charge in [-0.05, 0) is 46.2 Å². The number of nitrogens with one attached hydrogen (secondary N) is 2. The third-order valence-corrected chi connectivity index (χ3v) is 5.08. The first-order valence-corrected chi connectivity index (χ1v) is 9.80. The van der Waals surface area contributed by atoms with Gasteiger partial charge in [-0.3, -0.25) is 4.99 Å². The van der Waals surface area contributed by atoms with Gasteiger partial charge in [0.15, 0.2) is 5.96 Å². The third-order valence-electron chi connectivity index (χ3n) is 5.08. The number of rotatable bonds is 11. The Kier molecular flexibility index (Phi) is 11.1. The van der Waals surface area contributed by atoms with Crippen molar-refractivity contribution in [2.45, 2.75) is 51.5 Å². The molecule has 0 bridgehead atoms. The van der Waals surface area contributed by atoms with Gasteiger partial charge in [-0.15, -0.1) is 0 Å². The Morgan fingerprint density at radius 1 is 1.24 bits per heavy atom. The van der Waals surface area contributed by atoms with E-state index in [2.05, 4.69) is 43.5 Å². The molecule has 2 unspecified atom stereocenters. The third kappa shape index (κ3) is 8.38. The fourth-order valence-corrected chi connectivity index (χ4v) is 3.52. The van der Waals surface area contributed by atoms with Crippen LogP contribution in [-0.4, -0.2) is 77.1 Å². The van der Waals surface area contributed by atoms with Crippen molar-refractivity contribution in [3.8, 4) is 0 Å². The lowest BCUT2D eigenvalue weighted by Crippen LogP contribution is -2.51. The van der Waals surface area contributed by atoms with Crippen LogP contribution in [0, 0.1) is 5.92 Å². The van der Waals surface area contributed by atoms with Crippen LogP contribution in [-0.2, 0) is 9.47 Å². The fraction of sp³-hybridized carbons (Fsp3) is 0.947. The van der Waals surface area contributed by atoms with Crippen molar-refractivity contribution >= 4 is 5.96 Å². The van der Waals surface area contributed by atoms with Gasteiger partial charge in [-0.25, -0.2) is 0 Å². The number of hydrogen-bond acceptors (Lipinski definition) is 4. The van der Waals surface area contributed by atoms with Gasteiger partial charge in [0.1, 0.15) is 0 Å². The maximum absolute atomic E-state index is 5.50. The van der Waals surface area contributed by atoms with E-state index in [0.717, 1.165) is 44.5 Å². The Hall–Kier alpha value is -0.850. The molecule has 6 nitrogen and oxygen atoms in total. The monoisotopic (exact) mass is 356 g/mol. The van der Waals surface area contributed by atoms with Crippen molar-refractivity contribution in [3.63, 3.8) is 0 Å². The second-order valence-corrected chi connectivity index (χ2v) is 7.40. The van der Waals surface area contributed by atoms with Gasteiger partial charge in [0.05, 0.1) is 19.8 Å². The maximum Gasteiger partial charge on any atom is 0.191 e. The minimum absolute atomic E-state index is 0.198. The lowest BCUT2D eigenvalue weighted by molar-refractivity contribution is 0.0698. The minimum atomic E-state index is 0.198. The molecule has 0 radical (unpaired) electrons. The van der Waals surface area contributed by atoms with Crippen molar-refractivity contribution in [1.29, 1.82) is 0 Å². The van der Waals surface area contributed by atoms with E-state index >= 15 is 0 Å². The molecule has 0 aromatic heterocycles. The summed E-state index contributed by atoms with van der Waals surface area (Å²) in [6, 6.07) is 0. The van der Waals surface area contributed by atoms with Gasteiger partial charge in [-0.1, -0.05) is 19.8 Å². The highest BCUT2D eigenvalue weighted by Crippen LogP contribution is 2.35. The second kappa shape index (κ2) is 12.5. The highest BCUT2D eigenvalue weighted by atomic mass is 16.5. The van der Waals surface area contributed by atoms with Crippen LogP contribution in [0.25, 0.3) is 0 Å². The molecule has 1 aliphatic rings. The molecule has 2 atom stereocenters. The van der Waals surface area contributed by atoms with E-state index in [1.165, 1.54) is 25.7 Å². The van der Waals surface area contributed by atoms with Gasteiger partial charge in [0.2, 0.25) is 0 Å². The Bertz CT molecular complexity index is 376. The summed E-state index contributed by atoms with van der Waals surface area (Å²) >= 11 is 0. The van der Waals surface area contributed by atoms with Crippen LogP contribution in [0.15, 0.2) is 4.99 Å².